The van der Waals surface area contributed by atoms with E-state index in [0.29, 0.717) is 43.8 Å². The minimum atomic E-state index is -5.10. The van der Waals surface area contributed by atoms with Gasteiger partial charge in [0, 0.05) is 31.2 Å². The lowest BCUT2D eigenvalue weighted by Gasteiger charge is -2.47. The molecule has 8 nitrogen and oxygen atoms in total. The summed E-state index contributed by atoms with van der Waals surface area (Å²) in [5.74, 6) is -0.0605. The monoisotopic (exact) mass is 734 g/mol. The molecule has 51 heavy (non-hydrogen) atoms. The summed E-state index contributed by atoms with van der Waals surface area (Å²) < 4.78 is 130. The average Bonchev–Trinajstić information content (AvgIpc) is 3.49. The summed E-state index contributed by atoms with van der Waals surface area (Å²) in [6, 6.07) is 3.33. The van der Waals surface area contributed by atoms with Gasteiger partial charge in [0.15, 0.2) is 0 Å². The molecule has 1 aliphatic heterocycles. The number of aromatic nitrogens is 4. The number of hydrogen-bond donors (Lipinski definition) is 0. The van der Waals surface area contributed by atoms with E-state index in [0.717, 1.165) is 42.6 Å². The van der Waals surface area contributed by atoms with E-state index in [4.69, 9.17) is 4.74 Å². The van der Waals surface area contributed by atoms with E-state index in [9.17, 15) is 44.3 Å². The van der Waals surface area contributed by atoms with Crippen LogP contribution in [0.5, 0.6) is 0 Å². The van der Waals surface area contributed by atoms with Crippen LogP contribution in [0, 0.1) is 11.8 Å². The second kappa shape index (κ2) is 14.9. The topological polar surface area (TPSA) is 76.4 Å². The Morgan fingerprint density at radius 2 is 1.47 bits per heavy atom. The molecule has 0 amide bonds. The predicted octanol–water partition coefficient (Wildman–Crippen LogP) is 8.76. The molecular weight excluding hydrogens is 695 g/mol. The van der Waals surface area contributed by atoms with Crippen molar-refractivity contribution in [3.8, 4) is 0 Å². The van der Waals surface area contributed by atoms with E-state index < -0.39 is 47.8 Å². The molecule has 5 rings (SSSR count). The number of rotatable bonds is 10. The van der Waals surface area contributed by atoms with Crippen molar-refractivity contribution in [1.82, 2.24) is 20.2 Å². The summed E-state index contributed by atoms with van der Waals surface area (Å²) in [5.41, 5.74) is -3.69. The summed E-state index contributed by atoms with van der Waals surface area (Å²) >= 11 is 0. The molecule has 0 N–H and O–H groups in total. The summed E-state index contributed by atoms with van der Waals surface area (Å²) in [6.45, 7) is 3.89. The fourth-order valence-electron chi connectivity index (χ4n) is 7.27. The Kier molecular flexibility index (Phi) is 11.2. The quantitative estimate of drug-likeness (QED) is 0.152. The molecule has 2 atom stereocenters. The fraction of sp³-hybridized carbons (Fsp3) is 0.588. The van der Waals surface area contributed by atoms with E-state index in [-0.39, 0.29) is 53.4 Å². The molecule has 1 aliphatic carbocycles. The number of carbonyl (C=O) groups excluding carboxylic acids is 1. The fourth-order valence-corrected chi connectivity index (χ4v) is 7.27. The van der Waals surface area contributed by atoms with Crippen molar-refractivity contribution in [1.29, 1.82) is 0 Å². The van der Waals surface area contributed by atoms with Gasteiger partial charge in [-0.1, -0.05) is 12.0 Å². The third-order valence-corrected chi connectivity index (χ3v) is 9.74. The minimum absolute atomic E-state index is 0.0231. The van der Waals surface area contributed by atoms with Gasteiger partial charge in [-0.2, -0.15) is 44.3 Å². The number of esters is 1. The summed E-state index contributed by atoms with van der Waals surface area (Å²) in [7, 11) is 1.41. The van der Waals surface area contributed by atoms with E-state index in [1.807, 2.05) is 6.92 Å². The zero-order valence-corrected chi connectivity index (χ0v) is 28.2. The molecule has 2 aromatic carbocycles. The van der Waals surface area contributed by atoms with Crippen molar-refractivity contribution in [3.63, 3.8) is 0 Å². The lowest BCUT2D eigenvalue weighted by atomic mass is 9.79. The van der Waals surface area contributed by atoms with E-state index >= 15 is 0 Å². The second-order valence-electron chi connectivity index (χ2n) is 13.3. The molecule has 2 aliphatic rings. The maximum Gasteiger partial charge on any atom is 0.416 e. The number of alkyl halides is 9. The molecular formula is C34H39F9N6O2. The lowest BCUT2D eigenvalue weighted by molar-refractivity contribution is -0.145. The number of halogens is 9. The van der Waals surface area contributed by atoms with Crippen molar-refractivity contribution in [2.24, 2.45) is 18.9 Å². The van der Waals surface area contributed by atoms with Gasteiger partial charge in [0.2, 0.25) is 0 Å². The van der Waals surface area contributed by atoms with Crippen LogP contribution in [-0.4, -0.2) is 45.4 Å². The van der Waals surface area contributed by atoms with Crippen LogP contribution in [-0.2, 0) is 41.7 Å². The standard InChI is InChI=1S/C34H39F9N6O2/c1-4-26-17-29(49(31-44-46-47(3)45-31)19-22-12-24(33(38,39)40)15-25(13-22)34(41,42)43)27-16-23(32(35,36)37)10-11-28(27)48(26)18-21-8-6-20(7-9-21)14-30(50)51-5-2/h10-13,15-16,20-21,26,29H,4-9,14,17-19H2,1-3H3/t20-,21-,26-,29?/m1/s1. The Morgan fingerprint density at radius 3 is 2.00 bits per heavy atom. The highest BCUT2D eigenvalue weighted by Gasteiger charge is 2.42. The number of tetrazole rings is 1. The maximum absolute atomic E-state index is 14.1. The van der Waals surface area contributed by atoms with Crippen molar-refractivity contribution < 1.29 is 49.0 Å². The van der Waals surface area contributed by atoms with Gasteiger partial charge in [-0.25, -0.2) is 0 Å². The average molecular weight is 735 g/mol. The number of carbonyl (C=O) groups is 1. The van der Waals surface area contributed by atoms with Gasteiger partial charge in [0.05, 0.1) is 36.4 Å². The van der Waals surface area contributed by atoms with E-state index in [1.165, 1.54) is 18.0 Å². The zero-order valence-electron chi connectivity index (χ0n) is 28.2. The van der Waals surface area contributed by atoms with Gasteiger partial charge in [0.1, 0.15) is 0 Å². The Hall–Kier alpha value is -4.05. The molecule has 0 radical (unpaired) electrons. The van der Waals surface area contributed by atoms with Crippen LogP contribution in [0.15, 0.2) is 36.4 Å². The first-order valence-electron chi connectivity index (χ1n) is 16.8. The number of benzene rings is 2. The van der Waals surface area contributed by atoms with E-state index in [2.05, 4.69) is 20.3 Å². The van der Waals surface area contributed by atoms with Crippen LogP contribution in [0.4, 0.5) is 51.1 Å². The van der Waals surface area contributed by atoms with Crippen LogP contribution in [0.3, 0.4) is 0 Å². The first-order chi connectivity index (χ1) is 23.9. The highest BCUT2D eigenvalue weighted by atomic mass is 19.4. The van der Waals surface area contributed by atoms with Crippen LogP contribution in [0.1, 0.15) is 92.7 Å². The van der Waals surface area contributed by atoms with Gasteiger partial charge in [-0.3, -0.25) is 4.79 Å². The van der Waals surface area contributed by atoms with Crippen LogP contribution in [0.25, 0.3) is 0 Å². The Labute approximate surface area is 288 Å². The van der Waals surface area contributed by atoms with Crippen LogP contribution in [0.2, 0.25) is 0 Å². The summed E-state index contributed by atoms with van der Waals surface area (Å²) in [4.78, 5) is 16.5. The summed E-state index contributed by atoms with van der Waals surface area (Å²) in [5, 5.41) is 12.0. The molecule has 1 aromatic heterocycles. The molecule has 280 valence electrons. The number of aryl methyl sites for hydroxylation is 1. The number of hydrogen-bond acceptors (Lipinski definition) is 7. The highest BCUT2D eigenvalue weighted by molar-refractivity contribution is 5.69. The van der Waals surface area contributed by atoms with E-state index in [1.54, 1.807) is 6.92 Å². The third kappa shape index (κ3) is 9.07. The molecule has 0 saturated heterocycles. The maximum atomic E-state index is 14.1. The van der Waals surface area contributed by atoms with Gasteiger partial charge in [0.25, 0.3) is 5.95 Å². The molecule has 2 heterocycles. The lowest BCUT2D eigenvalue weighted by Crippen LogP contribution is -2.47. The van der Waals surface area contributed by atoms with Crippen molar-refractivity contribution in [2.45, 2.75) is 96.0 Å². The first kappa shape index (κ1) is 38.2. The van der Waals surface area contributed by atoms with Crippen molar-refractivity contribution in [3.05, 3.63) is 64.2 Å². The molecule has 0 spiro atoms. The summed E-state index contributed by atoms with van der Waals surface area (Å²) in [6.07, 6.45) is -10.7. The number of nitrogens with zero attached hydrogens (tertiary/aromatic N) is 6. The van der Waals surface area contributed by atoms with Gasteiger partial charge < -0.3 is 14.5 Å². The Morgan fingerprint density at radius 1 is 0.863 bits per heavy atom. The largest absolute Gasteiger partial charge is 0.466 e. The second-order valence-corrected chi connectivity index (χ2v) is 13.3. The van der Waals surface area contributed by atoms with Gasteiger partial charge in [-0.15, -0.1) is 5.10 Å². The predicted molar refractivity (Wildman–Crippen MR) is 168 cm³/mol. The molecule has 0 bridgehead atoms. The van der Waals surface area contributed by atoms with Gasteiger partial charge in [-0.05, 0) is 110 Å². The first-order valence-corrected chi connectivity index (χ1v) is 16.8. The smallest absolute Gasteiger partial charge is 0.416 e. The van der Waals surface area contributed by atoms with Crippen LogP contribution >= 0.6 is 0 Å². The Bertz CT molecular complexity index is 1630. The third-order valence-electron chi connectivity index (χ3n) is 9.74. The SMILES string of the molecule is CCOC(=O)C[C@H]1CC[C@H](CN2c3ccc(C(F)(F)F)cc3C(N(Cc3cc(C(F)(F)F)cc(C(F)(F)F)c3)c3nnn(C)n3)C[C@H]2CC)CC1. The number of ether oxygens (including phenoxy) is 1. The van der Waals surface area contributed by atoms with Gasteiger partial charge >= 0.3 is 24.5 Å². The van der Waals surface area contributed by atoms with Crippen molar-refractivity contribution >= 4 is 17.6 Å². The number of fused-ring (bicyclic) bond motifs is 1. The zero-order chi connectivity index (χ0) is 37.3. The molecule has 1 saturated carbocycles. The highest BCUT2D eigenvalue weighted by Crippen LogP contribution is 2.47. The molecule has 3 aromatic rings. The molecule has 17 heteroatoms. The number of anilines is 2. The molecule has 1 unspecified atom stereocenters. The Balaban J connectivity index is 1.54. The molecule has 1 fully saturated rings. The van der Waals surface area contributed by atoms with Crippen LogP contribution < -0.4 is 9.80 Å². The minimum Gasteiger partial charge on any atom is -0.466 e. The van der Waals surface area contributed by atoms with Crippen molar-refractivity contribution in [2.75, 3.05) is 23.0 Å². The normalized spacial score (nSPS) is 21.4.